The predicted octanol–water partition coefficient (Wildman–Crippen LogP) is 1.74. The van der Waals surface area contributed by atoms with E-state index in [1.807, 2.05) is 6.92 Å². The number of aryl methyl sites for hydroxylation is 2. The van der Waals surface area contributed by atoms with Gasteiger partial charge in [0.2, 0.25) is 15.2 Å². The molecule has 8 nitrogen and oxygen atoms in total. The Morgan fingerprint density at radius 1 is 1.32 bits per heavy atom. The zero-order valence-corrected chi connectivity index (χ0v) is 16.3. The second-order valence-corrected chi connectivity index (χ2v) is 9.58. The van der Waals surface area contributed by atoms with Crippen molar-refractivity contribution in [2.75, 3.05) is 31.6 Å². The van der Waals surface area contributed by atoms with Crippen LogP contribution in [-0.4, -0.2) is 55.1 Å². The number of hydrogen-bond donors (Lipinski definition) is 1. The van der Waals surface area contributed by atoms with Crippen LogP contribution >= 0.6 is 22.7 Å². The van der Waals surface area contributed by atoms with Crippen LogP contribution in [0.15, 0.2) is 11.0 Å². The van der Waals surface area contributed by atoms with Crippen molar-refractivity contribution in [1.29, 1.82) is 0 Å². The summed E-state index contributed by atoms with van der Waals surface area (Å²) in [5.74, 6) is -0.379. The number of morpholine rings is 1. The summed E-state index contributed by atoms with van der Waals surface area (Å²) in [5, 5.41) is 11.8. The first kappa shape index (κ1) is 18.4. The molecule has 1 saturated heterocycles. The molecular formula is C14H18N4O4S3. The Balaban J connectivity index is 1.80. The van der Waals surface area contributed by atoms with E-state index in [1.54, 1.807) is 6.92 Å². The van der Waals surface area contributed by atoms with Crippen molar-refractivity contribution in [3.05, 3.63) is 20.8 Å². The lowest BCUT2D eigenvalue weighted by Gasteiger charge is -2.25. The summed E-state index contributed by atoms with van der Waals surface area (Å²) in [7, 11) is -3.62. The largest absolute Gasteiger partial charge is 0.379 e. The van der Waals surface area contributed by atoms with E-state index in [0.717, 1.165) is 22.8 Å². The number of anilines is 1. The van der Waals surface area contributed by atoms with E-state index in [0.29, 0.717) is 41.2 Å². The van der Waals surface area contributed by atoms with E-state index < -0.39 is 10.0 Å². The topological polar surface area (TPSA) is 101 Å². The van der Waals surface area contributed by atoms with E-state index in [9.17, 15) is 13.2 Å². The summed E-state index contributed by atoms with van der Waals surface area (Å²) in [4.78, 5) is 13.5. The molecule has 11 heteroatoms. The van der Waals surface area contributed by atoms with Crippen molar-refractivity contribution in [3.8, 4) is 0 Å². The van der Waals surface area contributed by atoms with Crippen molar-refractivity contribution in [1.82, 2.24) is 14.5 Å². The predicted molar refractivity (Wildman–Crippen MR) is 95.9 cm³/mol. The molecular weight excluding hydrogens is 384 g/mol. The summed E-state index contributed by atoms with van der Waals surface area (Å²) >= 11 is 2.46. The van der Waals surface area contributed by atoms with Gasteiger partial charge in [-0.1, -0.05) is 18.3 Å². The van der Waals surface area contributed by atoms with Gasteiger partial charge in [-0.3, -0.25) is 10.1 Å². The number of thiophene rings is 1. The fourth-order valence-corrected chi connectivity index (χ4v) is 5.90. The zero-order valence-electron chi connectivity index (χ0n) is 13.8. The third kappa shape index (κ3) is 3.90. The highest BCUT2D eigenvalue weighted by Gasteiger charge is 2.30. The van der Waals surface area contributed by atoms with E-state index in [1.165, 1.54) is 21.7 Å². The van der Waals surface area contributed by atoms with Crippen LogP contribution in [0.5, 0.6) is 0 Å². The Hall–Kier alpha value is -1.40. The Morgan fingerprint density at radius 3 is 2.68 bits per heavy atom. The number of carbonyl (C=O) groups is 1. The van der Waals surface area contributed by atoms with Gasteiger partial charge in [-0.2, -0.15) is 4.31 Å². The number of aromatic nitrogens is 2. The lowest BCUT2D eigenvalue weighted by molar-refractivity contribution is 0.0730. The van der Waals surface area contributed by atoms with Crippen LogP contribution in [0.1, 0.15) is 26.5 Å². The van der Waals surface area contributed by atoms with Gasteiger partial charge in [-0.25, -0.2) is 8.42 Å². The van der Waals surface area contributed by atoms with Crippen LogP contribution in [0.3, 0.4) is 0 Å². The maximum atomic E-state index is 12.8. The third-order valence-corrected chi connectivity index (χ3v) is 7.86. The van der Waals surface area contributed by atoms with Crippen LogP contribution in [0.25, 0.3) is 0 Å². The number of sulfonamides is 1. The molecule has 0 bridgehead atoms. The number of ether oxygens (including phenoxy) is 1. The summed E-state index contributed by atoms with van der Waals surface area (Å²) in [6.07, 6.45) is 0.744. The van der Waals surface area contributed by atoms with Crippen LogP contribution in [-0.2, 0) is 21.2 Å². The van der Waals surface area contributed by atoms with Gasteiger partial charge in [0, 0.05) is 18.0 Å². The fourth-order valence-electron chi connectivity index (χ4n) is 2.37. The Morgan fingerprint density at radius 2 is 2.04 bits per heavy atom. The van der Waals surface area contributed by atoms with Crippen molar-refractivity contribution < 1.29 is 17.9 Å². The molecule has 1 N–H and O–H groups in total. The standard InChI is InChI=1S/C14H18N4O4S3/c1-3-12-16-17-14(24-12)15-13(19)10-8-11(9(2)23-10)25(20,21)18-4-6-22-7-5-18/h8H,3-7H2,1-2H3,(H,15,17,19). The second kappa shape index (κ2) is 7.46. The first-order valence-corrected chi connectivity index (χ1v) is 10.8. The molecule has 3 rings (SSSR count). The molecule has 1 amide bonds. The van der Waals surface area contributed by atoms with E-state index >= 15 is 0 Å². The molecule has 136 valence electrons. The van der Waals surface area contributed by atoms with Gasteiger partial charge < -0.3 is 4.74 Å². The Labute approximate surface area is 153 Å². The van der Waals surface area contributed by atoms with Crippen LogP contribution < -0.4 is 5.32 Å². The highest BCUT2D eigenvalue weighted by atomic mass is 32.2. The smallest absolute Gasteiger partial charge is 0.267 e. The Kier molecular flexibility index (Phi) is 5.49. The molecule has 1 fully saturated rings. The van der Waals surface area contributed by atoms with Crippen LogP contribution in [0.4, 0.5) is 5.13 Å². The van der Waals surface area contributed by atoms with Crippen molar-refractivity contribution in [3.63, 3.8) is 0 Å². The van der Waals surface area contributed by atoms with E-state index in [2.05, 4.69) is 15.5 Å². The molecule has 1 aliphatic rings. The molecule has 0 saturated carbocycles. The second-order valence-electron chi connectivity index (χ2n) is 5.36. The number of carbonyl (C=O) groups excluding carboxylic acids is 1. The number of hydrogen-bond acceptors (Lipinski definition) is 8. The molecule has 0 aromatic carbocycles. The first-order chi connectivity index (χ1) is 11.9. The van der Waals surface area contributed by atoms with E-state index in [-0.39, 0.29) is 10.8 Å². The quantitative estimate of drug-likeness (QED) is 0.817. The monoisotopic (exact) mass is 402 g/mol. The molecule has 25 heavy (non-hydrogen) atoms. The summed E-state index contributed by atoms with van der Waals surface area (Å²) in [6.45, 7) is 5.07. The molecule has 0 radical (unpaired) electrons. The molecule has 0 spiro atoms. The summed E-state index contributed by atoms with van der Waals surface area (Å²) in [5.41, 5.74) is 0. The number of amides is 1. The number of nitrogens with one attached hydrogen (secondary N) is 1. The van der Waals surface area contributed by atoms with Gasteiger partial charge in [0.05, 0.1) is 23.0 Å². The minimum absolute atomic E-state index is 0.177. The molecule has 2 aromatic heterocycles. The normalized spacial score (nSPS) is 16.1. The molecule has 0 unspecified atom stereocenters. The lowest BCUT2D eigenvalue weighted by atomic mass is 10.4. The maximum Gasteiger partial charge on any atom is 0.267 e. The molecule has 0 aliphatic carbocycles. The first-order valence-electron chi connectivity index (χ1n) is 7.74. The van der Waals surface area contributed by atoms with Gasteiger partial charge in [0.15, 0.2) is 0 Å². The highest BCUT2D eigenvalue weighted by Crippen LogP contribution is 2.29. The minimum Gasteiger partial charge on any atom is -0.379 e. The molecule has 2 aromatic rings. The van der Waals surface area contributed by atoms with Gasteiger partial charge in [-0.05, 0) is 19.4 Å². The minimum atomic E-state index is -3.62. The van der Waals surface area contributed by atoms with Gasteiger partial charge in [-0.15, -0.1) is 21.5 Å². The molecule has 1 aliphatic heterocycles. The Bertz CT molecular complexity index is 869. The summed E-state index contributed by atoms with van der Waals surface area (Å²) in [6, 6.07) is 1.43. The van der Waals surface area contributed by atoms with Crippen molar-refractivity contribution >= 4 is 43.7 Å². The van der Waals surface area contributed by atoms with E-state index in [4.69, 9.17) is 4.74 Å². The average molecular weight is 403 g/mol. The van der Waals surface area contributed by atoms with Gasteiger partial charge >= 0.3 is 0 Å². The maximum absolute atomic E-state index is 12.8. The van der Waals surface area contributed by atoms with Crippen LogP contribution in [0, 0.1) is 6.92 Å². The third-order valence-electron chi connectivity index (χ3n) is 3.67. The van der Waals surface area contributed by atoms with Crippen LogP contribution in [0.2, 0.25) is 0 Å². The average Bonchev–Trinajstić information content (AvgIpc) is 3.22. The lowest BCUT2D eigenvalue weighted by Crippen LogP contribution is -2.40. The molecule has 0 atom stereocenters. The highest BCUT2D eigenvalue weighted by molar-refractivity contribution is 7.89. The molecule has 3 heterocycles. The van der Waals surface area contributed by atoms with Gasteiger partial charge in [0.25, 0.3) is 5.91 Å². The number of rotatable bonds is 5. The van der Waals surface area contributed by atoms with Crippen molar-refractivity contribution in [2.24, 2.45) is 0 Å². The summed E-state index contributed by atoms with van der Waals surface area (Å²) < 4.78 is 32.1. The zero-order chi connectivity index (χ0) is 18.0. The van der Waals surface area contributed by atoms with Crippen molar-refractivity contribution in [2.45, 2.75) is 25.2 Å². The SMILES string of the molecule is CCc1nnc(NC(=O)c2cc(S(=O)(=O)N3CCOCC3)c(C)s2)s1. The fraction of sp³-hybridized carbons (Fsp3) is 0.500. The van der Waals surface area contributed by atoms with Gasteiger partial charge in [0.1, 0.15) is 5.01 Å². The number of nitrogens with zero attached hydrogens (tertiary/aromatic N) is 3.